The van der Waals surface area contributed by atoms with Crippen molar-refractivity contribution in [2.45, 2.75) is 19.9 Å². The third kappa shape index (κ3) is 3.26. The molecule has 2 heterocycles. The SMILES string of the molecule is COC(=O)c1c(N=C(C)N2CCOC[C@H]2C)c(Br)nn1C. The molecule has 0 N–H and O–H groups in total. The van der Waals surface area contributed by atoms with E-state index in [1.54, 1.807) is 7.05 Å². The van der Waals surface area contributed by atoms with Gasteiger partial charge in [-0.1, -0.05) is 0 Å². The predicted octanol–water partition coefficient (Wildman–Crippen LogP) is 1.74. The number of carbonyl (C=O) groups excluding carboxylic acids is 1. The number of methoxy groups -OCH3 is 1. The largest absolute Gasteiger partial charge is 0.464 e. The summed E-state index contributed by atoms with van der Waals surface area (Å²) in [5.74, 6) is 0.363. The molecule has 1 aliphatic heterocycles. The van der Waals surface area contributed by atoms with Gasteiger partial charge in [0.1, 0.15) is 11.5 Å². The van der Waals surface area contributed by atoms with E-state index in [9.17, 15) is 4.79 Å². The van der Waals surface area contributed by atoms with Crippen LogP contribution in [0.15, 0.2) is 9.60 Å². The third-order valence-electron chi connectivity index (χ3n) is 3.42. The van der Waals surface area contributed by atoms with Gasteiger partial charge in [-0.25, -0.2) is 9.79 Å². The Morgan fingerprint density at radius 3 is 2.90 bits per heavy atom. The number of amidine groups is 1. The Morgan fingerprint density at radius 1 is 1.57 bits per heavy atom. The average Bonchev–Trinajstić information content (AvgIpc) is 2.73. The second-order valence-corrected chi connectivity index (χ2v) is 5.63. The first-order chi connectivity index (χ1) is 9.95. The van der Waals surface area contributed by atoms with E-state index in [0.717, 1.165) is 12.4 Å². The van der Waals surface area contributed by atoms with Gasteiger partial charge in [-0.3, -0.25) is 4.68 Å². The molecule has 0 radical (unpaired) electrons. The maximum atomic E-state index is 11.9. The van der Waals surface area contributed by atoms with Crippen LogP contribution >= 0.6 is 15.9 Å². The number of esters is 1. The summed E-state index contributed by atoms with van der Waals surface area (Å²) in [6, 6.07) is 0.250. The van der Waals surface area contributed by atoms with Gasteiger partial charge in [0.25, 0.3) is 0 Å². The summed E-state index contributed by atoms with van der Waals surface area (Å²) in [6.07, 6.45) is 0. The highest BCUT2D eigenvalue weighted by Gasteiger charge is 2.24. The van der Waals surface area contributed by atoms with Gasteiger partial charge in [0, 0.05) is 13.6 Å². The van der Waals surface area contributed by atoms with Crippen LogP contribution in [-0.2, 0) is 16.5 Å². The highest BCUT2D eigenvalue weighted by molar-refractivity contribution is 9.10. The minimum Gasteiger partial charge on any atom is -0.464 e. The number of ether oxygens (including phenoxy) is 2. The van der Waals surface area contributed by atoms with E-state index in [4.69, 9.17) is 9.47 Å². The van der Waals surface area contributed by atoms with Crippen molar-refractivity contribution in [1.82, 2.24) is 14.7 Å². The Bertz CT molecular complexity index is 570. The van der Waals surface area contributed by atoms with E-state index >= 15 is 0 Å². The normalized spacial score (nSPS) is 19.8. The lowest BCUT2D eigenvalue weighted by Crippen LogP contribution is -2.46. The quantitative estimate of drug-likeness (QED) is 0.457. The molecule has 116 valence electrons. The molecule has 0 unspecified atom stereocenters. The average molecular weight is 359 g/mol. The number of nitrogens with zero attached hydrogens (tertiary/aromatic N) is 4. The zero-order valence-corrected chi connectivity index (χ0v) is 14.2. The van der Waals surface area contributed by atoms with E-state index in [-0.39, 0.29) is 6.04 Å². The van der Waals surface area contributed by atoms with Gasteiger partial charge >= 0.3 is 5.97 Å². The van der Waals surface area contributed by atoms with Crippen molar-refractivity contribution >= 4 is 33.4 Å². The summed E-state index contributed by atoms with van der Waals surface area (Å²) in [5.41, 5.74) is 0.810. The van der Waals surface area contributed by atoms with Crippen LogP contribution in [0.3, 0.4) is 0 Å². The minimum atomic E-state index is -0.461. The van der Waals surface area contributed by atoms with Gasteiger partial charge in [-0.2, -0.15) is 5.10 Å². The van der Waals surface area contributed by atoms with Crippen LogP contribution in [-0.4, -0.2) is 59.4 Å². The summed E-state index contributed by atoms with van der Waals surface area (Å²) in [7, 11) is 3.02. The molecule has 0 aliphatic carbocycles. The van der Waals surface area contributed by atoms with Crippen molar-refractivity contribution in [2.75, 3.05) is 26.9 Å². The molecule has 21 heavy (non-hydrogen) atoms. The number of hydrogen-bond donors (Lipinski definition) is 0. The van der Waals surface area contributed by atoms with Gasteiger partial charge in [0.2, 0.25) is 0 Å². The van der Waals surface area contributed by atoms with Crippen molar-refractivity contribution in [2.24, 2.45) is 12.0 Å². The first kappa shape index (κ1) is 16.0. The predicted molar refractivity (Wildman–Crippen MR) is 82.0 cm³/mol. The Kier molecular flexibility index (Phi) is 5.00. The van der Waals surface area contributed by atoms with Crippen molar-refractivity contribution in [3.8, 4) is 0 Å². The fourth-order valence-corrected chi connectivity index (χ4v) is 2.85. The second kappa shape index (κ2) is 6.57. The number of morpholine rings is 1. The lowest BCUT2D eigenvalue weighted by Gasteiger charge is -2.34. The number of halogens is 1. The molecule has 8 heteroatoms. The number of hydrogen-bond acceptors (Lipinski definition) is 5. The number of rotatable bonds is 2. The number of aliphatic imine (C=N–C) groups is 1. The van der Waals surface area contributed by atoms with Crippen LogP contribution in [0, 0.1) is 0 Å². The van der Waals surface area contributed by atoms with E-state index in [1.165, 1.54) is 11.8 Å². The van der Waals surface area contributed by atoms with Crippen LogP contribution in [0.2, 0.25) is 0 Å². The van der Waals surface area contributed by atoms with Gasteiger partial charge in [-0.15, -0.1) is 0 Å². The molecule has 2 rings (SSSR count). The molecule has 1 aromatic heterocycles. The molecule has 0 saturated carbocycles. The molecule has 1 fully saturated rings. The maximum absolute atomic E-state index is 11.9. The van der Waals surface area contributed by atoms with E-state index in [2.05, 4.69) is 37.8 Å². The highest BCUT2D eigenvalue weighted by Crippen LogP contribution is 2.29. The van der Waals surface area contributed by atoms with Gasteiger partial charge in [0.05, 0.1) is 26.4 Å². The Hall–Kier alpha value is -1.41. The molecule has 0 aromatic carbocycles. The monoisotopic (exact) mass is 358 g/mol. The molecule has 1 aromatic rings. The first-order valence-corrected chi connectivity index (χ1v) is 7.45. The van der Waals surface area contributed by atoms with Crippen LogP contribution in [0.5, 0.6) is 0 Å². The van der Waals surface area contributed by atoms with Crippen molar-refractivity contribution < 1.29 is 14.3 Å². The molecule has 7 nitrogen and oxygen atoms in total. The Labute approximate surface area is 132 Å². The fourth-order valence-electron chi connectivity index (χ4n) is 2.34. The summed E-state index contributed by atoms with van der Waals surface area (Å²) < 4.78 is 12.2. The van der Waals surface area contributed by atoms with E-state index < -0.39 is 5.97 Å². The standard InChI is InChI=1S/C13H19BrN4O3/c1-8-7-21-6-5-18(8)9(2)15-10-11(13(19)20-4)17(3)16-12(10)14/h8H,5-7H2,1-4H3/t8-/m1/s1. The summed E-state index contributed by atoms with van der Waals surface area (Å²) >= 11 is 3.34. The number of aromatic nitrogens is 2. The molecule has 0 spiro atoms. The lowest BCUT2D eigenvalue weighted by atomic mass is 10.2. The van der Waals surface area contributed by atoms with Crippen LogP contribution < -0.4 is 0 Å². The van der Waals surface area contributed by atoms with Crippen LogP contribution in [0.4, 0.5) is 5.69 Å². The zero-order valence-electron chi connectivity index (χ0n) is 12.6. The first-order valence-electron chi connectivity index (χ1n) is 6.66. The fraction of sp³-hybridized carbons (Fsp3) is 0.615. The molecular weight excluding hydrogens is 340 g/mol. The van der Waals surface area contributed by atoms with Crippen molar-refractivity contribution in [1.29, 1.82) is 0 Å². The summed E-state index contributed by atoms with van der Waals surface area (Å²) in [6.45, 7) is 6.13. The van der Waals surface area contributed by atoms with E-state index in [0.29, 0.717) is 29.2 Å². The summed E-state index contributed by atoms with van der Waals surface area (Å²) in [4.78, 5) is 18.6. The second-order valence-electron chi connectivity index (χ2n) is 4.88. The Morgan fingerprint density at radius 2 is 2.29 bits per heavy atom. The maximum Gasteiger partial charge on any atom is 0.358 e. The van der Waals surface area contributed by atoms with Gasteiger partial charge < -0.3 is 14.4 Å². The smallest absolute Gasteiger partial charge is 0.358 e. The molecule has 1 aliphatic rings. The zero-order chi connectivity index (χ0) is 15.6. The number of aryl methyl sites for hydroxylation is 1. The highest BCUT2D eigenvalue weighted by atomic mass is 79.9. The number of carbonyl (C=O) groups is 1. The van der Waals surface area contributed by atoms with E-state index in [1.807, 2.05) is 6.92 Å². The topological polar surface area (TPSA) is 68.9 Å². The molecule has 0 bridgehead atoms. The third-order valence-corrected chi connectivity index (χ3v) is 3.95. The molecule has 1 saturated heterocycles. The van der Waals surface area contributed by atoms with Crippen molar-refractivity contribution in [3.63, 3.8) is 0 Å². The minimum absolute atomic E-state index is 0.250. The summed E-state index contributed by atoms with van der Waals surface area (Å²) in [5, 5.41) is 4.18. The van der Waals surface area contributed by atoms with Gasteiger partial charge in [-0.05, 0) is 29.8 Å². The Balaban J connectivity index is 2.37. The molecular formula is C13H19BrN4O3. The molecule has 1 atom stereocenters. The van der Waals surface area contributed by atoms with Crippen LogP contribution in [0.25, 0.3) is 0 Å². The molecule has 0 amide bonds. The van der Waals surface area contributed by atoms with Gasteiger partial charge in [0.15, 0.2) is 10.3 Å². The van der Waals surface area contributed by atoms with Crippen molar-refractivity contribution in [3.05, 3.63) is 10.3 Å². The lowest BCUT2D eigenvalue weighted by molar-refractivity contribution is 0.0330. The van der Waals surface area contributed by atoms with Crippen LogP contribution in [0.1, 0.15) is 24.3 Å².